The van der Waals surface area contributed by atoms with Gasteiger partial charge in [0.25, 0.3) is 0 Å². The van der Waals surface area contributed by atoms with E-state index in [9.17, 15) is 4.79 Å². The Bertz CT molecular complexity index is 729. The van der Waals surface area contributed by atoms with E-state index in [1.54, 1.807) is 0 Å². The average molecular weight is 366 g/mol. The molecule has 1 N–H and O–H groups in total. The summed E-state index contributed by atoms with van der Waals surface area (Å²) in [6, 6.07) is 11.8. The molecule has 6 atom stereocenters. The minimum atomic E-state index is -0.0296. The number of rotatable bonds is 4. The summed E-state index contributed by atoms with van der Waals surface area (Å²) in [4.78, 5) is 13.8. The van der Waals surface area contributed by atoms with Crippen LogP contribution in [0.1, 0.15) is 77.2 Å². The lowest BCUT2D eigenvalue weighted by Gasteiger charge is -2.66. The average Bonchev–Trinajstić information content (AvgIpc) is 2.60. The summed E-state index contributed by atoms with van der Waals surface area (Å²) in [6.45, 7) is 5.84. The minimum Gasteiger partial charge on any atom is -0.314 e. The largest absolute Gasteiger partial charge is 0.314 e. The van der Waals surface area contributed by atoms with Crippen molar-refractivity contribution in [2.45, 2.75) is 83.1 Å². The highest BCUT2D eigenvalue weighted by molar-refractivity contribution is 5.86. The first kappa shape index (κ1) is 17.9. The number of hydrogen-bond acceptors (Lipinski definition) is 2. The second-order valence-electron chi connectivity index (χ2n) is 11.1. The standard InChI is InChI=1S/C25H35NO/c1-18-10-19(8-9-26-18)11-22(27)25-14-20-12-23(2,16-25)15-24(13-20,17-25)21-6-4-3-5-7-21/h3-7,18-20,26H,8-17H2,1-2H3/t18-,19+,20?,23?,24?,25?/m0/s1. The summed E-state index contributed by atoms with van der Waals surface area (Å²) in [5.41, 5.74) is 2.10. The molecular weight excluding hydrogens is 330 g/mol. The number of carbonyl (C=O) groups excluding carboxylic acids is 1. The number of carbonyl (C=O) groups is 1. The third kappa shape index (κ3) is 2.99. The molecule has 2 heteroatoms. The predicted molar refractivity (Wildman–Crippen MR) is 110 cm³/mol. The van der Waals surface area contributed by atoms with Crippen molar-refractivity contribution in [3.8, 4) is 0 Å². The van der Waals surface area contributed by atoms with Gasteiger partial charge in [-0.15, -0.1) is 0 Å². The second kappa shape index (κ2) is 6.17. The Hall–Kier alpha value is -1.15. The van der Waals surface area contributed by atoms with E-state index in [1.165, 1.54) is 44.1 Å². The second-order valence-corrected chi connectivity index (χ2v) is 11.1. The van der Waals surface area contributed by atoms with Gasteiger partial charge in [-0.1, -0.05) is 37.3 Å². The number of Topliss-reactive ketones (excluding diaryl/α,β-unsaturated/α-hetero) is 1. The quantitative estimate of drug-likeness (QED) is 0.788. The molecule has 1 aromatic carbocycles. The Morgan fingerprint density at radius 1 is 1.11 bits per heavy atom. The first-order valence-electron chi connectivity index (χ1n) is 11.2. The maximum atomic E-state index is 13.8. The zero-order valence-corrected chi connectivity index (χ0v) is 17.1. The lowest BCUT2D eigenvalue weighted by atomic mass is 9.38. The Balaban J connectivity index is 1.45. The van der Waals surface area contributed by atoms with Crippen molar-refractivity contribution in [2.24, 2.45) is 22.7 Å². The summed E-state index contributed by atoms with van der Waals surface area (Å²) in [7, 11) is 0. The van der Waals surface area contributed by atoms with E-state index in [-0.39, 0.29) is 10.8 Å². The van der Waals surface area contributed by atoms with Crippen LogP contribution in [-0.4, -0.2) is 18.4 Å². The third-order valence-electron chi connectivity index (χ3n) is 8.53. The summed E-state index contributed by atoms with van der Waals surface area (Å²) >= 11 is 0. The van der Waals surface area contributed by atoms with E-state index < -0.39 is 0 Å². The molecule has 6 rings (SSSR count). The molecule has 5 fully saturated rings. The molecule has 2 nitrogen and oxygen atoms in total. The van der Waals surface area contributed by atoms with Gasteiger partial charge in [0.15, 0.2) is 0 Å². The molecule has 4 saturated carbocycles. The molecule has 5 aliphatic rings. The molecule has 1 saturated heterocycles. The topological polar surface area (TPSA) is 29.1 Å². The zero-order chi connectivity index (χ0) is 18.7. The molecule has 4 bridgehead atoms. The van der Waals surface area contributed by atoms with Crippen LogP contribution >= 0.6 is 0 Å². The Kier molecular flexibility index (Phi) is 4.10. The van der Waals surface area contributed by atoms with Crippen LogP contribution in [0, 0.1) is 22.7 Å². The highest BCUT2D eigenvalue weighted by atomic mass is 16.1. The van der Waals surface area contributed by atoms with E-state index in [0.717, 1.165) is 31.7 Å². The first-order valence-corrected chi connectivity index (χ1v) is 11.2. The highest BCUT2D eigenvalue weighted by Gasteiger charge is 2.64. The van der Waals surface area contributed by atoms with Gasteiger partial charge in [-0.2, -0.15) is 0 Å². The van der Waals surface area contributed by atoms with Crippen LogP contribution in [0.3, 0.4) is 0 Å². The lowest BCUT2D eigenvalue weighted by Crippen LogP contribution is -2.60. The molecular formula is C25H35NO. The molecule has 1 aliphatic heterocycles. The van der Waals surface area contributed by atoms with Gasteiger partial charge in [-0.25, -0.2) is 0 Å². The Labute approximate surface area is 164 Å². The Morgan fingerprint density at radius 3 is 2.67 bits per heavy atom. The summed E-state index contributed by atoms with van der Waals surface area (Å²) < 4.78 is 0. The molecule has 1 aromatic rings. The van der Waals surface area contributed by atoms with Gasteiger partial charge < -0.3 is 5.32 Å². The predicted octanol–water partition coefficient (Wildman–Crippen LogP) is 5.26. The van der Waals surface area contributed by atoms with Crippen LogP contribution in [-0.2, 0) is 10.2 Å². The SMILES string of the molecule is C[C@H]1C[C@H](CC(=O)C23CC4CC(C)(C2)CC(c2ccccc2)(C4)C3)CCN1. The van der Waals surface area contributed by atoms with Crippen molar-refractivity contribution in [3.63, 3.8) is 0 Å². The van der Waals surface area contributed by atoms with Crippen molar-refractivity contribution in [2.75, 3.05) is 6.54 Å². The monoisotopic (exact) mass is 365 g/mol. The number of benzene rings is 1. The minimum absolute atomic E-state index is 0.0296. The number of piperidine rings is 1. The molecule has 0 radical (unpaired) electrons. The van der Waals surface area contributed by atoms with Gasteiger partial charge in [-0.05, 0) is 93.1 Å². The molecule has 0 amide bonds. The molecule has 1 heterocycles. The normalized spacial score (nSPS) is 45.8. The van der Waals surface area contributed by atoms with Crippen molar-refractivity contribution in [1.29, 1.82) is 0 Å². The van der Waals surface area contributed by atoms with Gasteiger partial charge in [0.1, 0.15) is 5.78 Å². The van der Waals surface area contributed by atoms with Crippen molar-refractivity contribution < 1.29 is 4.79 Å². The van der Waals surface area contributed by atoms with Gasteiger partial charge in [-0.3, -0.25) is 4.79 Å². The van der Waals surface area contributed by atoms with Crippen LogP contribution in [0.5, 0.6) is 0 Å². The molecule has 146 valence electrons. The lowest BCUT2D eigenvalue weighted by molar-refractivity contribution is -0.159. The van der Waals surface area contributed by atoms with Crippen LogP contribution in [0.15, 0.2) is 30.3 Å². The summed E-state index contributed by atoms with van der Waals surface area (Å²) in [5.74, 6) is 1.97. The summed E-state index contributed by atoms with van der Waals surface area (Å²) in [5, 5.41) is 3.54. The van der Waals surface area contributed by atoms with Crippen molar-refractivity contribution in [1.82, 2.24) is 5.32 Å². The van der Waals surface area contributed by atoms with Crippen LogP contribution in [0.25, 0.3) is 0 Å². The van der Waals surface area contributed by atoms with Gasteiger partial charge in [0, 0.05) is 17.9 Å². The molecule has 0 aromatic heterocycles. The number of ketones is 1. The maximum absolute atomic E-state index is 13.8. The number of hydrogen-bond donors (Lipinski definition) is 1. The van der Waals surface area contributed by atoms with E-state index in [2.05, 4.69) is 49.5 Å². The fourth-order valence-electron chi connectivity index (χ4n) is 8.24. The van der Waals surface area contributed by atoms with Crippen molar-refractivity contribution >= 4 is 5.78 Å². The van der Waals surface area contributed by atoms with E-state index in [0.29, 0.717) is 23.2 Å². The fraction of sp³-hybridized carbons (Fsp3) is 0.720. The Morgan fingerprint density at radius 2 is 1.93 bits per heavy atom. The van der Waals surface area contributed by atoms with E-state index >= 15 is 0 Å². The first-order chi connectivity index (χ1) is 12.9. The fourth-order valence-corrected chi connectivity index (χ4v) is 8.24. The van der Waals surface area contributed by atoms with Crippen LogP contribution in [0.4, 0.5) is 0 Å². The van der Waals surface area contributed by atoms with Gasteiger partial charge in [0.2, 0.25) is 0 Å². The molecule has 0 spiro atoms. The molecule has 4 unspecified atom stereocenters. The maximum Gasteiger partial charge on any atom is 0.139 e. The molecule has 27 heavy (non-hydrogen) atoms. The molecule has 4 aliphatic carbocycles. The zero-order valence-electron chi connectivity index (χ0n) is 17.1. The van der Waals surface area contributed by atoms with Crippen molar-refractivity contribution in [3.05, 3.63) is 35.9 Å². The third-order valence-corrected chi connectivity index (χ3v) is 8.53. The smallest absolute Gasteiger partial charge is 0.139 e. The van der Waals surface area contributed by atoms with Crippen LogP contribution < -0.4 is 5.32 Å². The van der Waals surface area contributed by atoms with Gasteiger partial charge >= 0.3 is 0 Å². The van der Waals surface area contributed by atoms with E-state index in [1.807, 2.05) is 0 Å². The highest BCUT2D eigenvalue weighted by Crippen LogP contribution is 2.70. The van der Waals surface area contributed by atoms with E-state index in [4.69, 9.17) is 0 Å². The van der Waals surface area contributed by atoms with Crippen LogP contribution in [0.2, 0.25) is 0 Å². The summed E-state index contributed by atoms with van der Waals surface area (Å²) in [6.07, 6.45) is 10.6. The van der Waals surface area contributed by atoms with Gasteiger partial charge in [0.05, 0.1) is 0 Å². The number of nitrogens with one attached hydrogen (secondary N) is 1.